The van der Waals surface area contributed by atoms with Crippen molar-refractivity contribution in [3.8, 4) is 0 Å². The molecule has 0 bridgehead atoms. The molecule has 2 aliphatic heterocycles. The summed E-state index contributed by atoms with van der Waals surface area (Å²) in [6.45, 7) is 0.573. The van der Waals surface area contributed by atoms with Crippen LogP contribution in [0.25, 0.3) is 0 Å². The summed E-state index contributed by atoms with van der Waals surface area (Å²) in [5.41, 5.74) is -3.60. The zero-order valence-corrected chi connectivity index (χ0v) is 12.8. The largest absolute Gasteiger partial charge is 0.394 e. The Morgan fingerprint density at radius 3 is 2.57 bits per heavy atom. The smallest absolute Gasteiger partial charge is 0.384 e. The molecule has 4 N–H and O–H groups in total. The van der Waals surface area contributed by atoms with Crippen LogP contribution < -0.4 is 11.2 Å². The lowest BCUT2D eigenvalue weighted by molar-refractivity contribution is -0.175. The summed E-state index contributed by atoms with van der Waals surface area (Å²) in [6, 6.07) is 1.09. The SMILES string of the molecule is CC1(P(=O)(O)O)O[C@@H]2[C@H](O1)[C@@H](CO)O[C@H]2n1ccc(=O)[nH]c1=O. The minimum atomic E-state index is -4.78. The van der Waals surface area contributed by atoms with Crippen LogP contribution in [0, 0.1) is 0 Å². The maximum absolute atomic E-state index is 11.9. The highest BCUT2D eigenvalue weighted by Crippen LogP contribution is 2.58. The maximum atomic E-state index is 11.9. The molecule has 0 spiro atoms. The van der Waals surface area contributed by atoms with Gasteiger partial charge in [-0.15, -0.1) is 0 Å². The molecule has 1 aromatic heterocycles. The van der Waals surface area contributed by atoms with E-state index in [4.69, 9.17) is 14.2 Å². The first kappa shape index (κ1) is 16.5. The average Bonchev–Trinajstić information content (AvgIpc) is 2.94. The molecule has 0 amide bonds. The van der Waals surface area contributed by atoms with Crippen molar-refractivity contribution in [2.75, 3.05) is 6.61 Å². The second-order valence-electron chi connectivity index (χ2n) is 5.37. The first-order valence-electron chi connectivity index (χ1n) is 6.65. The van der Waals surface area contributed by atoms with E-state index in [2.05, 4.69) is 0 Å². The highest BCUT2D eigenvalue weighted by atomic mass is 31.2. The summed E-state index contributed by atoms with van der Waals surface area (Å²) in [4.78, 5) is 43.8. The molecular weight excluding hydrogens is 335 g/mol. The molecule has 1 aromatic rings. The molecule has 0 aliphatic carbocycles. The standard InChI is InChI=1S/C11H15N2O9P/c1-11(23(17,18)19)21-7-5(4-14)20-9(8(7)22-11)13-3-2-6(15)12-10(13)16/h2-3,5,7-9,14H,4H2,1H3,(H,12,15,16)(H2,17,18,19)/t5-,7-,8-,9-,11?/m1/s1. The molecule has 0 saturated carbocycles. The zero-order valence-electron chi connectivity index (χ0n) is 11.9. The van der Waals surface area contributed by atoms with Crippen LogP contribution in [0.4, 0.5) is 0 Å². The normalized spacial score (nSPS) is 37.0. The molecule has 1 unspecified atom stereocenters. The molecule has 5 atom stereocenters. The van der Waals surface area contributed by atoms with Crippen molar-refractivity contribution in [2.45, 2.75) is 37.0 Å². The van der Waals surface area contributed by atoms with Crippen molar-refractivity contribution >= 4 is 7.60 Å². The summed E-state index contributed by atoms with van der Waals surface area (Å²) < 4.78 is 28.7. The van der Waals surface area contributed by atoms with Gasteiger partial charge in [-0.3, -0.25) is 18.9 Å². The number of nitrogens with zero attached hydrogens (tertiary/aromatic N) is 1. The number of rotatable bonds is 3. The van der Waals surface area contributed by atoms with Gasteiger partial charge in [-0.05, 0) is 0 Å². The van der Waals surface area contributed by atoms with Gasteiger partial charge in [-0.25, -0.2) is 4.79 Å². The Labute approximate surface area is 128 Å². The minimum Gasteiger partial charge on any atom is -0.394 e. The van der Waals surface area contributed by atoms with E-state index in [1.54, 1.807) is 0 Å². The van der Waals surface area contributed by atoms with E-state index in [9.17, 15) is 29.0 Å². The van der Waals surface area contributed by atoms with E-state index in [1.165, 1.54) is 6.20 Å². The summed E-state index contributed by atoms with van der Waals surface area (Å²) >= 11 is 0. The molecule has 3 heterocycles. The van der Waals surface area contributed by atoms with Gasteiger partial charge < -0.3 is 29.1 Å². The quantitative estimate of drug-likeness (QED) is 0.455. The highest BCUT2D eigenvalue weighted by Gasteiger charge is 2.63. The highest BCUT2D eigenvalue weighted by molar-refractivity contribution is 7.53. The monoisotopic (exact) mass is 350 g/mol. The van der Waals surface area contributed by atoms with Crippen LogP contribution in [0.3, 0.4) is 0 Å². The number of hydrogen-bond donors (Lipinski definition) is 4. The van der Waals surface area contributed by atoms with Crippen LogP contribution in [0.5, 0.6) is 0 Å². The lowest BCUT2D eigenvalue weighted by Crippen LogP contribution is -2.37. The fourth-order valence-electron chi connectivity index (χ4n) is 2.64. The number of aromatic amines is 1. The van der Waals surface area contributed by atoms with Crippen LogP contribution in [-0.4, -0.2) is 54.9 Å². The number of ether oxygens (including phenoxy) is 3. The Morgan fingerprint density at radius 1 is 1.35 bits per heavy atom. The van der Waals surface area contributed by atoms with Crippen LogP contribution in [-0.2, 0) is 18.8 Å². The van der Waals surface area contributed by atoms with Crippen molar-refractivity contribution in [1.82, 2.24) is 9.55 Å². The summed E-state index contributed by atoms with van der Waals surface area (Å²) in [7, 11) is -4.78. The lowest BCUT2D eigenvalue weighted by atomic mass is 10.1. The molecule has 0 aromatic carbocycles. The van der Waals surface area contributed by atoms with Crippen LogP contribution in [0.1, 0.15) is 13.2 Å². The van der Waals surface area contributed by atoms with Crippen molar-refractivity contribution in [3.05, 3.63) is 33.1 Å². The second kappa shape index (κ2) is 5.35. The maximum Gasteiger partial charge on any atom is 0.384 e. The first-order chi connectivity index (χ1) is 10.7. The molecule has 128 valence electrons. The summed E-state index contributed by atoms with van der Waals surface area (Å²) in [5.74, 6) is 0. The number of hydrogen-bond acceptors (Lipinski definition) is 7. The van der Waals surface area contributed by atoms with E-state index in [0.717, 1.165) is 17.6 Å². The van der Waals surface area contributed by atoms with Gasteiger partial charge >= 0.3 is 13.3 Å². The third-order valence-corrected chi connectivity index (χ3v) is 5.10. The molecule has 11 nitrogen and oxygen atoms in total. The van der Waals surface area contributed by atoms with Gasteiger partial charge in [0.05, 0.1) is 6.61 Å². The predicted molar refractivity (Wildman–Crippen MR) is 72.5 cm³/mol. The predicted octanol–water partition coefficient (Wildman–Crippen LogP) is -1.94. The lowest BCUT2D eigenvalue weighted by Gasteiger charge is -2.27. The van der Waals surface area contributed by atoms with Crippen molar-refractivity contribution in [1.29, 1.82) is 0 Å². The number of fused-ring (bicyclic) bond motifs is 1. The average molecular weight is 350 g/mol. The van der Waals surface area contributed by atoms with Gasteiger partial charge in [0.2, 0.25) is 0 Å². The van der Waals surface area contributed by atoms with Crippen molar-refractivity contribution in [2.24, 2.45) is 0 Å². The summed E-state index contributed by atoms with van der Waals surface area (Å²) in [5, 5.41) is 9.36. The van der Waals surface area contributed by atoms with Gasteiger partial charge in [-0.2, -0.15) is 0 Å². The molecule has 0 radical (unpaired) electrons. The molecule has 23 heavy (non-hydrogen) atoms. The molecule has 2 fully saturated rings. The number of nitrogens with one attached hydrogen (secondary N) is 1. The van der Waals surface area contributed by atoms with Gasteiger partial charge in [0.15, 0.2) is 6.23 Å². The summed E-state index contributed by atoms with van der Waals surface area (Å²) in [6.07, 6.45) is -2.93. The number of aromatic nitrogens is 2. The van der Waals surface area contributed by atoms with E-state index in [0.29, 0.717) is 0 Å². The molecule has 2 saturated heterocycles. The van der Waals surface area contributed by atoms with Gasteiger partial charge in [0.1, 0.15) is 18.3 Å². The number of H-pyrrole nitrogens is 1. The zero-order chi connectivity index (χ0) is 17.0. The molecule has 2 aliphatic rings. The molecule has 3 rings (SSSR count). The third kappa shape index (κ3) is 2.60. The van der Waals surface area contributed by atoms with E-state index >= 15 is 0 Å². The third-order valence-electron chi connectivity index (χ3n) is 3.83. The minimum absolute atomic E-state index is 0.504. The van der Waals surface area contributed by atoms with Crippen LogP contribution in [0.15, 0.2) is 21.9 Å². The second-order valence-corrected chi connectivity index (χ2v) is 7.27. The van der Waals surface area contributed by atoms with E-state index in [-0.39, 0.29) is 0 Å². The molecule has 12 heteroatoms. The Hall–Kier alpha value is -1.33. The first-order valence-corrected chi connectivity index (χ1v) is 8.26. The topological polar surface area (TPSA) is 160 Å². The van der Waals surface area contributed by atoms with Gasteiger partial charge in [-0.1, -0.05) is 0 Å². The number of aliphatic hydroxyl groups excluding tert-OH is 1. The number of aliphatic hydroxyl groups is 1. The Kier molecular flexibility index (Phi) is 3.84. The van der Waals surface area contributed by atoms with E-state index < -0.39 is 55.5 Å². The fourth-order valence-corrected chi connectivity index (χ4v) is 3.16. The fraction of sp³-hybridized carbons (Fsp3) is 0.636. The van der Waals surface area contributed by atoms with Crippen LogP contribution >= 0.6 is 7.60 Å². The Balaban J connectivity index is 2.00. The Bertz CT molecular complexity index is 769. The molecular formula is C11H15N2O9P. The van der Waals surface area contributed by atoms with Crippen molar-refractivity contribution in [3.63, 3.8) is 0 Å². The Morgan fingerprint density at radius 2 is 2.00 bits per heavy atom. The van der Waals surface area contributed by atoms with E-state index in [1.807, 2.05) is 4.98 Å². The van der Waals surface area contributed by atoms with Crippen molar-refractivity contribution < 1.29 is 33.7 Å². The van der Waals surface area contributed by atoms with Crippen LogP contribution in [0.2, 0.25) is 0 Å². The van der Waals surface area contributed by atoms with Gasteiger partial charge in [0.25, 0.3) is 11.1 Å². The van der Waals surface area contributed by atoms with Gasteiger partial charge in [0, 0.05) is 19.2 Å².